The van der Waals surface area contributed by atoms with E-state index in [1.54, 1.807) is 12.1 Å². The molecule has 8 heteroatoms. The van der Waals surface area contributed by atoms with Gasteiger partial charge in [-0.05, 0) is 39.9 Å². The number of carboxylic acid groups (broad SMARTS) is 1. The van der Waals surface area contributed by atoms with Gasteiger partial charge >= 0.3 is 12.1 Å². The van der Waals surface area contributed by atoms with Crippen LogP contribution in [-0.4, -0.2) is 47.4 Å². The molecule has 0 saturated carbocycles. The first-order chi connectivity index (χ1) is 16.4. The molecule has 0 bridgehead atoms. The van der Waals surface area contributed by atoms with Crippen LogP contribution in [0.5, 0.6) is 5.75 Å². The molecule has 1 aliphatic carbocycles. The molecule has 0 aliphatic heterocycles. The summed E-state index contributed by atoms with van der Waals surface area (Å²) in [5.74, 6) is -1.90. The molecule has 0 fully saturated rings. The van der Waals surface area contributed by atoms with Gasteiger partial charge in [0.25, 0.3) is 0 Å². The molecule has 4 N–H and O–H groups in total. The molecular weight excluding hydrogens is 436 g/mol. The molecule has 0 saturated heterocycles. The molecule has 0 aromatic heterocycles. The lowest BCUT2D eigenvalue weighted by Crippen LogP contribution is -2.46. The van der Waals surface area contributed by atoms with Crippen molar-refractivity contribution in [2.24, 2.45) is 0 Å². The number of carbonyl (C=O) groups excluding carboxylic acids is 2. The summed E-state index contributed by atoms with van der Waals surface area (Å²) in [6.45, 7) is -0.309. The number of amides is 2. The molecule has 1 aliphatic rings. The number of carboxylic acids is 1. The lowest BCUT2D eigenvalue weighted by atomic mass is 9.98. The second kappa shape index (κ2) is 10.1. The maximum Gasteiger partial charge on any atom is 0.407 e. The largest absolute Gasteiger partial charge is 0.508 e. The molecular formula is C26H24N2O6. The third-order valence-corrected chi connectivity index (χ3v) is 5.75. The number of alkyl carbamates (subject to hydrolysis) is 1. The second-order valence-electron chi connectivity index (χ2n) is 8.01. The van der Waals surface area contributed by atoms with Crippen LogP contribution in [0.4, 0.5) is 4.79 Å². The summed E-state index contributed by atoms with van der Waals surface area (Å²) in [6, 6.07) is 20.8. The molecule has 4 rings (SSSR count). The van der Waals surface area contributed by atoms with Gasteiger partial charge in [-0.15, -0.1) is 0 Å². The zero-order chi connectivity index (χ0) is 24.1. The van der Waals surface area contributed by atoms with Gasteiger partial charge in [-0.2, -0.15) is 0 Å². The van der Waals surface area contributed by atoms with Crippen molar-refractivity contribution in [3.63, 3.8) is 0 Å². The number of phenolic OH excluding ortho intramolecular Hbond substituents is 1. The van der Waals surface area contributed by atoms with E-state index in [1.807, 2.05) is 48.5 Å². The Morgan fingerprint density at radius 2 is 1.47 bits per heavy atom. The van der Waals surface area contributed by atoms with Crippen molar-refractivity contribution in [2.45, 2.75) is 18.4 Å². The summed E-state index contributed by atoms with van der Waals surface area (Å²) in [5.41, 5.74) is 5.01. The monoisotopic (exact) mass is 460 g/mol. The van der Waals surface area contributed by atoms with Crippen molar-refractivity contribution >= 4 is 18.0 Å². The highest BCUT2D eigenvalue weighted by molar-refractivity contribution is 5.87. The molecule has 0 spiro atoms. The van der Waals surface area contributed by atoms with Crippen LogP contribution in [0, 0.1) is 0 Å². The summed E-state index contributed by atoms with van der Waals surface area (Å²) in [5, 5.41) is 23.5. The number of rotatable bonds is 8. The summed E-state index contributed by atoms with van der Waals surface area (Å²) in [6.07, 6.45) is -0.728. The normalized spacial score (nSPS) is 12.8. The smallest absolute Gasteiger partial charge is 0.407 e. The molecule has 2 amide bonds. The standard InChI is InChI=1S/C26H24N2O6/c29-17-11-9-16(10-12-17)13-23(25(31)32)28-24(30)14-27-26(33)34-15-22-20-7-3-1-5-18(20)19-6-2-4-8-21(19)22/h1-12,22-23,29H,13-15H2,(H,27,33)(H,28,30)(H,31,32)/t23-/m1/s1. The van der Waals surface area contributed by atoms with Gasteiger partial charge in [-0.1, -0.05) is 60.7 Å². The topological polar surface area (TPSA) is 125 Å². The molecule has 174 valence electrons. The van der Waals surface area contributed by atoms with E-state index in [9.17, 15) is 24.6 Å². The summed E-state index contributed by atoms with van der Waals surface area (Å²) in [4.78, 5) is 35.9. The van der Waals surface area contributed by atoms with Gasteiger partial charge < -0.3 is 25.6 Å². The highest BCUT2D eigenvalue weighted by atomic mass is 16.5. The lowest BCUT2D eigenvalue weighted by Gasteiger charge is -2.16. The minimum absolute atomic E-state index is 0.0340. The van der Waals surface area contributed by atoms with E-state index in [1.165, 1.54) is 12.1 Å². The number of nitrogens with one attached hydrogen (secondary N) is 2. The molecule has 34 heavy (non-hydrogen) atoms. The fourth-order valence-corrected chi connectivity index (χ4v) is 4.12. The Balaban J connectivity index is 1.29. The zero-order valence-corrected chi connectivity index (χ0v) is 18.2. The van der Waals surface area contributed by atoms with Gasteiger partial charge in [0.1, 0.15) is 24.9 Å². The lowest BCUT2D eigenvalue weighted by molar-refractivity contribution is -0.141. The first kappa shape index (κ1) is 22.8. The summed E-state index contributed by atoms with van der Waals surface area (Å²) >= 11 is 0. The number of aliphatic carboxylic acids is 1. The Hall–Kier alpha value is -4.33. The highest BCUT2D eigenvalue weighted by Crippen LogP contribution is 2.44. The van der Waals surface area contributed by atoms with Gasteiger partial charge in [-0.3, -0.25) is 4.79 Å². The predicted octanol–water partition coefficient (Wildman–Crippen LogP) is 3.04. The third-order valence-electron chi connectivity index (χ3n) is 5.75. The van der Waals surface area contributed by atoms with E-state index in [4.69, 9.17) is 4.74 Å². The van der Waals surface area contributed by atoms with Crippen molar-refractivity contribution in [1.29, 1.82) is 0 Å². The average molecular weight is 460 g/mol. The fourth-order valence-electron chi connectivity index (χ4n) is 4.12. The molecule has 3 aromatic rings. The van der Waals surface area contributed by atoms with Gasteiger partial charge in [0, 0.05) is 12.3 Å². The van der Waals surface area contributed by atoms with E-state index >= 15 is 0 Å². The van der Waals surface area contributed by atoms with E-state index < -0.39 is 30.6 Å². The van der Waals surface area contributed by atoms with Crippen molar-refractivity contribution in [3.05, 3.63) is 89.5 Å². The Kier molecular flexibility index (Phi) is 6.77. The SMILES string of the molecule is O=C(CNC(=O)OCC1c2ccccc2-c2ccccc21)N[C@H](Cc1ccc(O)cc1)C(=O)O. The van der Waals surface area contributed by atoms with Crippen LogP contribution in [0.25, 0.3) is 11.1 Å². The van der Waals surface area contributed by atoms with E-state index in [0.717, 1.165) is 22.3 Å². The number of ether oxygens (including phenoxy) is 1. The van der Waals surface area contributed by atoms with Crippen molar-refractivity contribution in [2.75, 3.05) is 13.2 Å². The molecule has 0 radical (unpaired) electrons. The number of phenols is 1. The maximum atomic E-state index is 12.2. The minimum atomic E-state index is -1.21. The quantitative estimate of drug-likeness (QED) is 0.410. The molecule has 0 heterocycles. The van der Waals surface area contributed by atoms with Crippen LogP contribution >= 0.6 is 0 Å². The van der Waals surface area contributed by atoms with E-state index in [2.05, 4.69) is 10.6 Å². The molecule has 8 nitrogen and oxygen atoms in total. The average Bonchev–Trinajstić information content (AvgIpc) is 3.16. The Morgan fingerprint density at radius 3 is 2.06 bits per heavy atom. The summed E-state index contributed by atoms with van der Waals surface area (Å²) in [7, 11) is 0. The summed E-state index contributed by atoms with van der Waals surface area (Å²) < 4.78 is 5.38. The number of aromatic hydroxyl groups is 1. The number of hydrogen-bond acceptors (Lipinski definition) is 5. The van der Waals surface area contributed by atoms with Crippen molar-refractivity contribution in [1.82, 2.24) is 10.6 Å². The second-order valence-corrected chi connectivity index (χ2v) is 8.01. The maximum absolute atomic E-state index is 12.2. The first-order valence-electron chi connectivity index (χ1n) is 10.8. The number of fused-ring (bicyclic) bond motifs is 3. The third kappa shape index (κ3) is 5.17. The van der Waals surface area contributed by atoms with Crippen molar-refractivity contribution < 1.29 is 29.3 Å². The van der Waals surface area contributed by atoms with Gasteiger partial charge in [0.2, 0.25) is 5.91 Å². The van der Waals surface area contributed by atoms with Gasteiger partial charge in [0.05, 0.1) is 0 Å². The predicted molar refractivity (Wildman–Crippen MR) is 124 cm³/mol. The molecule has 1 atom stereocenters. The van der Waals surface area contributed by atoms with Crippen LogP contribution < -0.4 is 10.6 Å². The van der Waals surface area contributed by atoms with E-state index in [0.29, 0.717) is 5.56 Å². The molecule has 0 unspecified atom stereocenters. The Morgan fingerprint density at radius 1 is 0.882 bits per heavy atom. The van der Waals surface area contributed by atoms with Crippen LogP contribution in [-0.2, 0) is 20.7 Å². The molecule has 3 aromatic carbocycles. The van der Waals surface area contributed by atoms with Gasteiger partial charge in [-0.25, -0.2) is 9.59 Å². The fraction of sp³-hybridized carbons (Fsp3) is 0.192. The first-order valence-corrected chi connectivity index (χ1v) is 10.8. The zero-order valence-electron chi connectivity index (χ0n) is 18.2. The van der Waals surface area contributed by atoms with Crippen LogP contribution in [0.2, 0.25) is 0 Å². The van der Waals surface area contributed by atoms with Crippen LogP contribution in [0.3, 0.4) is 0 Å². The Labute approximate surface area is 196 Å². The van der Waals surface area contributed by atoms with Crippen LogP contribution in [0.1, 0.15) is 22.6 Å². The van der Waals surface area contributed by atoms with Gasteiger partial charge in [0.15, 0.2) is 0 Å². The number of benzene rings is 3. The van der Waals surface area contributed by atoms with Crippen molar-refractivity contribution in [3.8, 4) is 16.9 Å². The highest BCUT2D eigenvalue weighted by Gasteiger charge is 2.29. The van der Waals surface area contributed by atoms with E-state index in [-0.39, 0.29) is 24.7 Å². The minimum Gasteiger partial charge on any atom is -0.508 e. The number of hydrogen-bond donors (Lipinski definition) is 4. The van der Waals surface area contributed by atoms with Crippen LogP contribution in [0.15, 0.2) is 72.8 Å². The number of carbonyl (C=O) groups is 3. The Bertz CT molecular complexity index is 1160.